The molecule has 0 spiro atoms. The first-order valence-electron chi connectivity index (χ1n) is 8.72. The van der Waals surface area contributed by atoms with Crippen LogP contribution in [0.5, 0.6) is 5.75 Å². The Hall–Kier alpha value is -2.64. The van der Waals surface area contributed by atoms with Crippen LogP contribution in [-0.2, 0) is 16.6 Å². The Morgan fingerprint density at radius 3 is 2.67 bits per heavy atom. The van der Waals surface area contributed by atoms with Gasteiger partial charge in [0.05, 0.1) is 7.11 Å². The van der Waals surface area contributed by atoms with E-state index in [2.05, 4.69) is 9.71 Å². The van der Waals surface area contributed by atoms with Crippen LogP contribution < -0.4 is 9.46 Å². The molecule has 0 saturated carbocycles. The summed E-state index contributed by atoms with van der Waals surface area (Å²) in [5, 5.41) is 0. The highest BCUT2D eigenvalue weighted by Gasteiger charge is 2.19. The van der Waals surface area contributed by atoms with E-state index >= 15 is 0 Å². The van der Waals surface area contributed by atoms with Gasteiger partial charge in [-0.05, 0) is 31.0 Å². The minimum absolute atomic E-state index is 0.164. The highest BCUT2D eigenvalue weighted by molar-refractivity contribution is 7.89. The van der Waals surface area contributed by atoms with Crippen LogP contribution in [0.4, 0.5) is 0 Å². The molecule has 1 N–H and O–H groups in total. The number of hydrogen-bond acceptors (Lipinski definition) is 4. The van der Waals surface area contributed by atoms with Gasteiger partial charge in [-0.15, -0.1) is 0 Å². The summed E-state index contributed by atoms with van der Waals surface area (Å²) in [7, 11) is -2.16. The number of methoxy groups -OCH3 is 1. The lowest BCUT2D eigenvalue weighted by molar-refractivity contribution is 0.402. The molecule has 27 heavy (non-hydrogen) atoms. The number of ether oxygens (including phenoxy) is 1. The standard InChI is InChI=1S/C20H23N3O3S/c1-16-9-10-18(26-2)19(15-16)27(24,25)22-11-6-13-23-14-12-21-20(23)17-7-4-3-5-8-17/h3-5,7-10,12,14-15,22H,6,11,13H2,1-2H3. The SMILES string of the molecule is COc1ccc(C)cc1S(=O)(=O)NCCCn1ccnc1-c1ccccc1. The van der Waals surface area contributed by atoms with Crippen LogP contribution in [0.3, 0.4) is 0 Å². The number of aryl methyl sites for hydroxylation is 2. The number of sulfonamides is 1. The Labute approximate surface area is 159 Å². The Bertz CT molecular complexity index is 998. The number of nitrogens with one attached hydrogen (secondary N) is 1. The summed E-state index contributed by atoms with van der Waals surface area (Å²) < 4.78 is 35.1. The minimum Gasteiger partial charge on any atom is -0.495 e. The van der Waals surface area contributed by atoms with E-state index in [4.69, 9.17) is 4.74 Å². The minimum atomic E-state index is -3.63. The fourth-order valence-corrected chi connectivity index (χ4v) is 4.19. The van der Waals surface area contributed by atoms with Gasteiger partial charge < -0.3 is 9.30 Å². The van der Waals surface area contributed by atoms with E-state index in [0.717, 1.165) is 17.0 Å². The molecule has 0 bridgehead atoms. The second-order valence-electron chi connectivity index (χ2n) is 6.22. The zero-order chi connectivity index (χ0) is 19.3. The largest absolute Gasteiger partial charge is 0.495 e. The Morgan fingerprint density at radius 1 is 1.15 bits per heavy atom. The van der Waals surface area contributed by atoms with Crippen molar-refractivity contribution in [2.45, 2.75) is 24.8 Å². The molecule has 0 unspecified atom stereocenters. The van der Waals surface area contributed by atoms with Crippen LogP contribution in [0.25, 0.3) is 11.4 Å². The Morgan fingerprint density at radius 2 is 1.93 bits per heavy atom. The van der Waals surface area contributed by atoms with Gasteiger partial charge in [-0.3, -0.25) is 0 Å². The molecule has 1 aromatic heterocycles. The molecule has 0 saturated heterocycles. The molecule has 0 amide bonds. The third-order valence-corrected chi connectivity index (χ3v) is 5.71. The average molecular weight is 385 g/mol. The summed E-state index contributed by atoms with van der Waals surface area (Å²) in [6, 6.07) is 15.0. The van der Waals surface area contributed by atoms with E-state index in [1.165, 1.54) is 7.11 Å². The fraction of sp³-hybridized carbons (Fsp3) is 0.250. The lowest BCUT2D eigenvalue weighted by atomic mass is 10.2. The Balaban J connectivity index is 1.63. The molecule has 0 fully saturated rings. The summed E-state index contributed by atoms with van der Waals surface area (Å²) in [4.78, 5) is 4.57. The number of hydrogen-bond donors (Lipinski definition) is 1. The summed E-state index contributed by atoms with van der Waals surface area (Å²) in [5.74, 6) is 1.22. The topological polar surface area (TPSA) is 73.2 Å². The van der Waals surface area contributed by atoms with Gasteiger partial charge in [0.1, 0.15) is 16.5 Å². The van der Waals surface area contributed by atoms with E-state index in [1.807, 2.05) is 54.1 Å². The van der Waals surface area contributed by atoms with Crippen molar-refractivity contribution in [3.05, 3.63) is 66.5 Å². The quantitative estimate of drug-likeness (QED) is 0.604. The third kappa shape index (κ3) is 4.56. The summed E-state index contributed by atoms with van der Waals surface area (Å²) in [5.41, 5.74) is 1.90. The van der Waals surface area contributed by atoms with Crippen molar-refractivity contribution in [1.82, 2.24) is 14.3 Å². The predicted octanol–water partition coefficient (Wildman–Crippen LogP) is 3.24. The molecular formula is C20H23N3O3S. The number of imidazole rings is 1. The van der Waals surface area contributed by atoms with Gasteiger partial charge in [-0.1, -0.05) is 36.4 Å². The Kier molecular flexibility index (Phi) is 5.93. The maximum Gasteiger partial charge on any atom is 0.244 e. The van der Waals surface area contributed by atoms with E-state index in [-0.39, 0.29) is 4.90 Å². The van der Waals surface area contributed by atoms with Crippen molar-refractivity contribution in [3.8, 4) is 17.1 Å². The van der Waals surface area contributed by atoms with E-state index in [0.29, 0.717) is 25.3 Å². The molecule has 0 aliphatic carbocycles. The normalized spacial score (nSPS) is 11.5. The van der Waals surface area contributed by atoms with Crippen molar-refractivity contribution < 1.29 is 13.2 Å². The van der Waals surface area contributed by atoms with Crippen LogP contribution >= 0.6 is 0 Å². The maximum absolute atomic E-state index is 12.6. The second kappa shape index (κ2) is 8.37. The average Bonchev–Trinajstić information content (AvgIpc) is 3.14. The lowest BCUT2D eigenvalue weighted by Gasteiger charge is -2.12. The molecule has 142 valence electrons. The van der Waals surface area contributed by atoms with Crippen molar-refractivity contribution in [2.24, 2.45) is 0 Å². The van der Waals surface area contributed by atoms with Gasteiger partial charge in [-0.25, -0.2) is 18.1 Å². The molecule has 1 heterocycles. The summed E-state index contributed by atoms with van der Waals surface area (Å²) in [6.07, 6.45) is 4.30. The first kappa shape index (κ1) is 19.1. The van der Waals surface area contributed by atoms with Gasteiger partial charge in [-0.2, -0.15) is 0 Å². The van der Waals surface area contributed by atoms with Gasteiger partial charge in [0.15, 0.2) is 0 Å². The molecule has 2 aromatic carbocycles. The molecule has 0 atom stereocenters. The van der Waals surface area contributed by atoms with Crippen LogP contribution in [0.2, 0.25) is 0 Å². The molecule has 3 aromatic rings. The smallest absolute Gasteiger partial charge is 0.244 e. The molecule has 7 heteroatoms. The summed E-state index contributed by atoms with van der Waals surface area (Å²) >= 11 is 0. The first-order chi connectivity index (χ1) is 13.0. The zero-order valence-corrected chi connectivity index (χ0v) is 16.2. The van der Waals surface area contributed by atoms with Crippen molar-refractivity contribution in [1.29, 1.82) is 0 Å². The van der Waals surface area contributed by atoms with E-state index < -0.39 is 10.0 Å². The zero-order valence-electron chi connectivity index (χ0n) is 15.4. The molecule has 3 rings (SSSR count). The molecule has 0 radical (unpaired) electrons. The van der Waals surface area contributed by atoms with Crippen LogP contribution in [-0.4, -0.2) is 31.6 Å². The maximum atomic E-state index is 12.6. The van der Waals surface area contributed by atoms with Crippen molar-refractivity contribution >= 4 is 10.0 Å². The predicted molar refractivity (Wildman–Crippen MR) is 105 cm³/mol. The monoisotopic (exact) mass is 385 g/mol. The van der Waals surface area contributed by atoms with Gasteiger partial charge in [0.25, 0.3) is 0 Å². The van der Waals surface area contributed by atoms with Crippen molar-refractivity contribution in [2.75, 3.05) is 13.7 Å². The van der Waals surface area contributed by atoms with Crippen molar-refractivity contribution in [3.63, 3.8) is 0 Å². The highest BCUT2D eigenvalue weighted by atomic mass is 32.2. The van der Waals surface area contributed by atoms with Crippen LogP contribution in [0, 0.1) is 6.92 Å². The molecule has 0 aliphatic rings. The van der Waals surface area contributed by atoms with Crippen LogP contribution in [0.15, 0.2) is 65.8 Å². The number of aromatic nitrogens is 2. The van der Waals surface area contributed by atoms with E-state index in [9.17, 15) is 8.42 Å². The highest BCUT2D eigenvalue weighted by Crippen LogP contribution is 2.24. The lowest BCUT2D eigenvalue weighted by Crippen LogP contribution is -2.26. The first-order valence-corrected chi connectivity index (χ1v) is 10.2. The van der Waals surface area contributed by atoms with E-state index in [1.54, 1.807) is 18.3 Å². The number of nitrogens with zero attached hydrogens (tertiary/aromatic N) is 2. The number of benzene rings is 2. The second-order valence-corrected chi connectivity index (χ2v) is 7.95. The molecule has 6 nitrogen and oxygen atoms in total. The van der Waals surface area contributed by atoms with Gasteiger partial charge in [0, 0.05) is 31.0 Å². The van der Waals surface area contributed by atoms with Gasteiger partial charge >= 0.3 is 0 Å². The van der Waals surface area contributed by atoms with Crippen LogP contribution in [0.1, 0.15) is 12.0 Å². The summed E-state index contributed by atoms with van der Waals surface area (Å²) in [6.45, 7) is 2.84. The fourth-order valence-electron chi connectivity index (χ4n) is 2.86. The van der Waals surface area contributed by atoms with Gasteiger partial charge in [0.2, 0.25) is 10.0 Å². The molecule has 0 aliphatic heterocycles. The number of rotatable bonds is 8. The third-order valence-electron chi connectivity index (χ3n) is 4.22. The molecular weight excluding hydrogens is 362 g/mol.